The Hall–Kier alpha value is -6.96. The van der Waals surface area contributed by atoms with Gasteiger partial charge in [-0.3, -0.25) is 16.0 Å². The molecule has 2 aromatic heterocycles. The first-order valence-electron chi connectivity index (χ1n) is 20.7. The molecule has 0 spiro atoms. The van der Waals surface area contributed by atoms with Crippen molar-refractivity contribution in [3.63, 3.8) is 0 Å². The normalized spacial score (nSPS) is 18.7. The van der Waals surface area contributed by atoms with Crippen LogP contribution < -0.4 is 20.9 Å². The Morgan fingerprint density at radius 3 is 1.81 bits per heavy atom. The molecule has 7 aromatic carbocycles. The smallest absolute Gasteiger partial charge is 0.0865 e. The molecular formula is C53H42N6. The minimum absolute atomic E-state index is 0.0481. The molecule has 0 radical (unpaired) electrons. The van der Waals surface area contributed by atoms with Gasteiger partial charge in [0.05, 0.1) is 57.8 Å². The fourth-order valence-corrected chi connectivity index (χ4v) is 9.72. The molecule has 9 aromatic rings. The lowest BCUT2D eigenvalue weighted by atomic mass is 10.0. The minimum Gasteiger partial charge on any atom is -0.309 e. The molecule has 2 aliphatic heterocycles. The average Bonchev–Trinajstić information content (AvgIpc) is 3.83. The minimum atomic E-state index is -0.115. The SMILES string of the molecule is C1=CC(N2c3ccccc3-c3cc4c(ccc5c6ccccc6n(-c6cccc(C7NC(c8ccccc8)NC(c8ccccc8)N7)c6)c54)n3-c3ccccc32)=CCC1. The fourth-order valence-electron chi connectivity index (χ4n) is 9.72. The van der Waals surface area contributed by atoms with E-state index in [1.165, 1.54) is 83.4 Å². The zero-order valence-electron chi connectivity index (χ0n) is 32.5. The maximum atomic E-state index is 3.90. The van der Waals surface area contributed by atoms with Crippen molar-refractivity contribution < 1.29 is 0 Å². The number of benzene rings is 7. The van der Waals surface area contributed by atoms with E-state index in [9.17, 15) is 0 Å². The van der Waals surface area contributed by atoms with Gasteiger partial charge in [-0.25, -0.2) is 0 Å². The molecule has 6 nitrogen and oxygen atoms in total. The second-order valence-electron chi connectivity index (χ2n) is 15.8. The van der Waals surface area contributed by atoms with Crippen molar-refractivity contribution in [1.29, 1.82) is 0 Å². The number of nitrogens with one attached hydrogen (secondary N) is 3. The zero-order valence-corrected chi connectivity index (χ0v) is 32.5. The number of aromatic nitrogens is 2. The molecule has 0 amide bonds. The van der Waals surface area contributed by atoms with Crippen LogP contribution in [0, 0.1) is 0 Å². The van der Waals surface area contributed by atoms with Crippen molar-refractivity contribution in [2.75, 3.05) is 4.90 Å². The summed E-state index contributed by atoms with van der Waals surface area (Å²) in [5.41, 5.74) is 15.4. The van der Waals surface area contributed by atoms with Crippen LogP contribution in [0.25, 0.3) is 55.3 Å². The van der Waals surface area contributed by atoms with E-state index < -0.39 is 0 Å². The van der Waals surface area contributed by atoms with Gasteiger partial charge in [0, 0.05) is 33.1 Å². The first-order valence-corrected chi connectivity index (χ1v) is 20.7. The number of allylic oxidation sites excluding steroid dienone is 3. The summed E-state index contributed by atoms with van der Waals surface area (Å²) in [6, 6.07) is 64.1. The van der Waals surface area contributed by atoms with Crippen LogP contribution in [-0.2, 0) is 0 Å². The standard InChI is InChI=1S/C53H42N6/c1-4-17-35(18-5-1)51-54-52(36-19-6-2-7-20-36)56-53(55-51)37-21-16-24-39(33-37)58-44-27-12-10-25-40(44)41-31-32-46-43(50(41)58)34-49-42-26-11-13-28-45(42)57(38-22-8-3-9-23-38)47-29-14-15-30-48(47)59(46)49/h1-2,4-8,10-34,51-56H,3,9H2. The summed E-state index contributed by atoms with van der Waals surface area (Å²) in [4.78, 5) is 2.45. The Bertz CT molecular complexity index is 3070. The number of para-hydroxylation sites is 4. The number of nitrogens with zero attached hydrogens (tertiary/aromatic N) is 3. The topological polar surface area (TPSA) is 49.2 Å². The van der Waals surface area contributed by atoms with E-state index in [4.69, 9.17) is 0 Å². The number of anilines is 2. The molecule has 6 heteroatoms. The maximum absolute atomic E-state index is 3.90. The third-order valence-corrected chi connectivity index (χ3v) is 12.4. The van der Waals surface area contributed by atoms with Gasteiger partial charge in [0.25, 0.3) is 0 Å². The van der Waals surface area contributed by atoms with Crippen molar-refractivity contribution in [3.8, 4) is 22.6 Å². The van der Waals surface area contributed by atoms with Crippen LogP contribution in [0.15, 0.2) is 200 Å². The van der Waals surface area contributed by atoms with Gasteiger partial charge in [-0.1, -0.05) is 140 Å². The molecule has 1 saturated heterocycles. The largest absolute Gasteiger partial charge is 0.309 e. The van der Waals surface area contributed by atoms with Gasteiger partial charge in [-0.2, -0.15) is 0 Å². The Labute approximate surface area is 343 Å². The Morgan fingerprint density at radius 1 is 0.441 bits per heavy atom. The molecular weight excluding hydrogens is 721 g/mol. The number of hydrogen-bond acceptors (Lipinski definition) is 4. The molecule has 0 saturated carbocycles. The number of hydrogen-bond donors (Lipinski definition) is 3. The van der Waals surface area contributed by atoms with E-state index in [1.54, 1.807) is 0 Å². The summed E-state index contributed by atoms with van der Waals surface area (Å²) in [6.07, 6.45) is 8.86. The summed E-state index contributed by atoms with van der Waals surface area (Å²) < 4.78 is 4.98. The Morgan fingerprint density at radius 2 is 1.07 bits per heavy atom. The van der Waals surface area contributed by atoms with Crippen molar-refractivity contribution >= 4 is 44.1 Å². The lowest BCUT2D eigenvalue weighted by molar-refractivity contribution is 0.203. The Kier molecular flexibility index (Phi) is 8.01. The first kappa shape index (κ1) is 34.1. The van der Waals surface area contributed by atoms with Crippen LogP contribution in [0.3, 0.4) is 0 Å². The van der Waals surface area contributed by atoms with Gasteiger partial charge in [-0.05, 0) is 84.1 Å². The van der Waals surface area contributed by atoms with E-state index in [0.717, 1.165) is 18.5 Å². The monoisotopic (exact) mass is 762 g/mol. The van der Waals surface area contributed by atoms with Crippen molar-refractivity contribution in [2.24, 2.45) is 0 Å². The first-order chi connectivity index (χ1) is 29.3. The van der Waals surface area contributed by atoms with Crippen molar-refractivity contribution in [3.05, 3.63) is 217 Å². The molecule has 12 rings (SSSR count). The van der Waals surface area contributed by atoms with Crippen molar-refractivity contribution in [2.45, 2.75) is 31.3 Å². The highest BCUT2D eigenvalue weighted by molar-refractivity contribution is 6.19. The summed E-state index contributed by atoms with van der Waals surface area (Å²) in [6.45, 7) is 0. The van der Waals surface area contributed by atoms with Crippen LogP contribution >= 0.6 is 0 Å². The van der Waals surface area contributed by atoms with E-state index in [1.807, 2.05) is 0 Å². The fraction of sp³-hybridized carbons (Fsp3) is 0.0943. The van der Waals surface area contributed by atoms with Crippen LogP contribution in [0.1, 0.15) is 48.0 Å². The van der Waals surface area contributed by atoms with Gasteiger partial charge in [-0.15, -0.1) is 0 Å². The van der Waals surface area contributed by atoms with Crippen LogP contribution in [-0.4, -0.2) is 9.13 Å². The third-order valence-electron chi connectivity index (χ3n) is 12.4. The molecule has 1 aliphatic carbocycles. The van der Waals surface area contributed by atoms with Crippen LogP contribution in [0.4, 0.5) is 11.4 Å². The molecule has 0 bridgehead atoms. The predicted octanol–water partition coefficient (Wildman–Crippen LogP) is 12.3. The van der Waals surface area contributed by atoms with Gasteiger partial charge in [0.1, 0.15) is 0 Å². The summed E-state index contributed by atoms with van der Waals surface area (Å²) in [5.74, 6) is 0. The van der Waals surface area contributed by atoms with Gasteiger partial charge in [0.15, 0.2) is 0 Å². The van der Waals surface area contributed by atoms with E-state index >= 15 is 0 Å². The molecule has 3 N–H and O–H groups in total. The quantitative estimate of drug-likeness (QED) is 0.163. The van der Waals surface area contributed by atoms with E-state index in [0.29, 0.717) is 0 Å². The van der Waals surface area contributed by atoms with E-state index in [2.05, 4.69) is 224 Å². The Balaban J connectivity index is 1.06. The van der Waals surface area contributed by atoms with Crippen molar-refractivity contribution in [1.82, 2.24) is 25.1 Å². The molecule has 3 aliphatic rings. The molecule has 1 fully saturated rings. The van der Waals surface area contributed by atoms with E-state index in [-0.39, 0.29) is 18.5 Å². The second-order valence-corrected chi connectivity index (χ2v) is 15.8. The molecule has 2 unspecified atom stereocenters. The summed E-state index contributed by atoms with van der Waals surface area (Å²) in [5, 5.41) is 15.3. The number of rotatable bonds is 5. The summed E-state index contributed by atoms with van der Waals surface area (Å²) in [7, 11) is 0. The highest BCUT2D eigenvalue weighted by Gasteiger charge is 2.31. The van der Waals surface area contributed by atoms with Crippen LogP contribution in [0.5, 0.6) is 0 Å². The molecule has 284 valence electrons. The highest BCUT2D eigenvalue weighted by Crippen LogP contribution is 2.49. The summed E-state index contributed by atoms with van der Waals surface area (Å²) >= 11 is 0. The van der Waals surface area contributed by atoms with Gasteiger partial charge in [0.2, 0.25) is 0 Å². The lowest BCUT2D eigenvalue weighted by Crippen LogP contribution is -2.54. The second kappa shape index (κ2) is 13.9. The zero-order chi connectivity index (χ0) is 38.9. The number of fused-ring (bicyclic) bond motifs is 11. The molecule has 59 heavy (non-hydrogen) atoms. The third kappa shape index (κ3) is 5.53. The lowest BCUT2D eigenvalue weighted by Gasteiger charge is -2.39. The highest BCUT2D eigenvalue weighted by atomic mass is 15.4. The molecule has 4 heterocycles. The van der Waals surface area contributed by atoms with Gasteiger partial charge >= 0.3 is 0 Å². The molecule has 2 atom stereocenters. The van der Waals surface area contributed by atoms with Crippen LogP contribution in [0.2, 0.25) is 0 Å². The average molecular weight is 763 g/mol. The predicted molar refractivity (Wildman–Crippen MR) is 242 cm³/mol. The maximum Gasteiger partial charge on any atom is 0.0865 e. The van der Waals surface area contributed by atoms with Gasteiger partial charge < -0.3 is 14.0 Å².